The van der Waals surface area contributed by atoms with Gasteiger partial charge in [-0.25, -0.2) is 0 Å². The van der Waals surface area contributed by atoms with Gasteiger partial charge in [-0.2, -0.15) is 0 Å². The smallest absolute Gasteiger partial charge is 0.103 e. The summed E-state index contributed by atoms with van der Waals surface area (Å²) in [5, 5.41) is 25.9. The number of hydrogen-bond acceptors (Lipinski definition) is 4. The molecular formula is C39H40Cl2N4O2. The Labute approximate surface area is 285 Å². The molecule has 4 N–H and O–H groups in total. The van der Waals surface area contributed by atoms with Crippen molar-refractivity contribution < 1.29 is 10.2 Å². The van der Waals surface area contributed by atoms with Gasteiger partial charge >= 0.3 is 0 Å². The highest BCUT2D eigenvalue weighted by Gasteiger charge is 2.38. The maximum absolute atomic E-state index is 11.0. The molecule has 0 aliphatic carbocycles. The number of piperidine rings is 1. The summed E-state index contributed by atoms with van der Waals surface area (Å²) in [7, 11) is 0. The third-order valence-electron chi connectivity index (χ3n) is 9.91. The molecule has 0 spiro atoms. The number of nitrogens with one attached hydrogen (secondary N) is 2. The van der Waals surface area contributed by atoms with Crippen LogP contribution in [0.2, 0.25) is 10.0 Å². The highest BCUT2D eigenvalue weighted by atomic mass is 35.5. The third kappa shape index (κ3) is 7.00. The Morgan fingerprint density at radius 3 is 1.51 bits per heavy atom. The van der Waals surface area contributed by atoms with Gasteiger partial charge in [-0.3, -0.25) is 9.80 Å². The van der Waals surface area contributed by atoms with Gasteiger partial charge in [-0.1, -0.05) is 83.9 Å². The molecule has 8 rings (SSSR count). The monoisotopic (exact) mass is 666 g/mol. The summed E-state index contributed by atoms with van der Waals surface area (Å²) >= 11 is 11.9. The number of β-amino-alcohol motifs (C(OH)–C–C–N with tert-alkyl or cyclic N) is 1. The number of aromatic amines is 2. The fourth-order valence-electron chi connectivity index (χ4n) is 7.14. The van der Waals surface area contributed by atoms with E-state index < -0.39 is 11.2 Å². The highest BCUT2D eigenvalue weighted by Crippen LogP contribution is 2.35. The molecule has 1 unspecified atom stereocenters. The van der Waals surface area contributed by atoms with Crippen molar-refractivity contribution in [1.82, 2.24) is 19.8 Å². The maximum atomic E-state index is 11.0. The molecule has 0 amide bonds. The van der Waals surface area contributed by atoms with E-state index >= 15 is 0 Å². The molecule has 47 heavy (non-hydrogen) atoms. The molecule has 0 bridgehead atoms. The summed E-state index contributed by atoms with van der Waals surface area (Å²) < 4.78 is 0. The lowest BCUT2D eigenvalue weighted by Crippen LogP contribution is -2.42. The van der Waals surface area contributed by atoms with Gasteiger partial charge in [-0.15, -0.1) is 0 Å². The Kier molecular flexibility index (Phi) is 9.16. The lowest BCUT2D eigenvalue weighted by atomic mass is 9.84. The van der Waals surface area contributed by atoms with Crippen molar-refractivity contribution >= 4 is 45.0 Å². The first-order valence-electron chi connectivity index (χ1n) is 16.3. The van der Waals surface area contributed by atoms with Gasteiger partial charge in [0, 0.05) is 83.5 Å². The van der Waals surface area contributed by atoms with E-state index in [1.54, 1.807) is 0 Å². The Bertz CT molecular complexity index is 1940. The molecular weight excluding hydrogens is 627 g/mol. The van der Waals surface area contributed by atoms with Crippen LogP contribution in [0, 0.1) is 0 Å². The minimum Gasteiger partial charge on any atom is -0.385 e. The molecule has 0 saturated carbocycles. The summed E-state index contributed by atoms with van der Waals surface area (Å²) in [6, 6.07) is 31.9. The van der Waals surface area contributed by atoms with E-state index in [0.29, 0.717) is 16.6 Å². The third-order valence-corrected chi connectivity index (χ3v) is 10.4. The lowest BCUT2D eigenvalue weighted by molar-refractivity contribution is -0.0276. The number of halogens is 2. The van der Waals surface area contributed by atoms with Crippen LogP contribution in [0.3, 0.4) is 0 Å². The van der Waals surface area contributed by atoms with Crippen LogP contribution in [0.25, 0.3) is 21.8 Å². The lowest BCUT2D eigenvalue weighted by Gasteiger charge is -2.38. The minimum atomic E-state index is -0.781. The first-order valence-corrected chi connectivity index (χ1v) is 17.1. The number of nitrogens with zero attached hydrogens (tertiary/aromatic N) is 2. The molecule has 2 fully saturated rings. The van der Waals surface area contributed by atoms with E-state index in [4.69, 9.17) is 23.2 Å². The predicted octanol–water partition coefficient (Wildman–Crippen LogP) is 8.22. The summed E-state index contributed by atoms with van der Waals surface area (Å²) in [6.45, 7) is 5.07. The van der Waals surface area contributed by atoms with E-state index in [0.717, 1.165) is 68.6 Å². The van der Waals surface area contributed by atoms with Crippen molar-refractivity contribution in [2.75, 3.05) is 26.2 Å². The molecule has 6 aromatic rings. The quantitative estimate of drug-likeness (QED) is 0.144. The Hall–Kier alpha value is -3.62. The number of hydrogen-bond donors (Lipinski definition) is 4. The standard InChI is InChI=1S/C20H21ClN2O.C19H19ClN2O/c21-17-7-5-16(6-8-17)20(24)9-11-23(12-10-20)14-15-13-22-19-4-2-1-3-18(15)19;20-16-7-5-15(6-8-16)19(23)9-10-22(13-19)12-14-11-21-18-4-2-1-3-17(14)18/h1-8,13,22,24H,9-12,14H2;1-8,11,21,23H,9-10,12-13H2. The molecule has 2 saturated heterocycles. The maximum Gasteiger partial charge on any atom is 0.103 e. The van der Waals surface area contributed by atoms with Crippen molar-refractivity contribution in [3.8, 4) is 0 Å². The first kappa shape index (κ1) is 32.0. The van der Waals surface area contributed by atoms with Crippen LogP contribution >= 0.6 is 23.2 Å². The average Bonchev–Trinajstić information content (AvgIpc) is 3.81. The van der Waals surface area contributed by atoms with Gasteiger partial charge < -0.3 is 20.2 Å². The van der Waals surface area contributed by atoms with E-state index in [2.05, 4.69) is 74.6 Å². The number of benzene rings is 4. The summed E-state index contributed by atoms with van der Waals surface area (Å²) in [6.07, 6.45) is 6.42. The number of rotatable bonds is 6. The van der Waals surface area contributed by atoms with Crippen LogP contribution in [0.4, 0.5) is 0 Å². The second-order valence-corrected chi connectivity index (χ2v) is 13.9. The summed E-state index contributed by atoms with van der Waals surface area (Å²) in [4.78, 5) is 11.4. The molecule has 1 atom stereocenters. The number of para-hydroxylation sites is 2. The number of aliphatic hydroxyl groups is 2. The molecule has 0 radical (unpaired) electrons. The Balaban J connectivity index is 0.000000150. The number of H-pyrrole nitrogens is 2. The topological polar surface area (TPSA) is 78.5 Å². The molecule has 2 aromatic heterocycles. The molecule has 2 aliphatic rings. The fourth-order valence-corrected chi connectivity index (χ4v) is 7.39. The van der Waals surface area contributed by atoms with Crippen LogP contribution in [0.15, 0.2) is 109 Å². The average molecular weight is 668 g/mol. The first-order chi connectivity index (χ1) is 22.8. The van der Waals surface area contributed by atoms with Crippen molar-refractivity contribution in [2.24, 2.45) is 0 Å². The van der Waals surface area contributed by atoms with Crippen LogP contribution in [-0.4, -0.2) is 56.2 Å². The van der Waals surface area contributed by atoms with Crippen molar-refractivity contribution in [3.05, 3.63) is 142 Å². The van der Waals surface area contributed by atoms with E-state index in [-0.39, 0.29) is 0 Å². The van der Waals surface area contributed by atoms with Crippen molar-refractivity contribution in [3.63, 3.8) is 0 Å². The van der Waals surface area contributed by atoms with Crippen LogP contribution in [-0.2, 0) is 24.3 Å². The van der Waals surface area contributed by atoms with Gasteiger partial charge in [0.05, 0.1) is 5.60 Å². The summed E-state index contributed by atoms with van der Waals surface area (Å²) in [5.41, 5.74) is 5.35. The van der Waals surface area contributed by atoms with E-state index in [1.165, 1.54) is 27.4 Å². The molecule has 4 heterocycles. The second kappa shape index (κ2) is 13.5. The molecule has 8 heteroatoms. The van der Waals surface area contributed by atoms with Crippen molar-refractivity contribution in [2.45, 2.75) is 43.6 Å². The van der Waals surface area contributed by atoms with Gasteiger partial charge in [0.25, 0.3) is 0 Å². The second-order valence-electron chi connectivity index (χ2n) is 13.0. The normalized spacial score (nSPS) is 20.0. The van der Waals surface area contributed by atoms with Gasteiger partial charge in [0.1, 0.15) is 5.60 Å². The zero-order valence-corrected chi connectivity index (χ0v) is 27.8. The number of aromatic nitrogens is 2. The zero-order valence-electron chi connectivity index (χ0n) is 26.3. The molecule has 6 nitrogen and oxygen atoms in total. The molecule has 4 aromatic carbocycles. The van der Waals surface area contributed by atoms with Crippen LogP contribution in [0.5, 0.6) is 0 Å². The molecule has 242 valence electrons. The summed E-state index contributed by atoms with van der Waals surface area (Å²) in [5.74, 6) is 0. The zero-order chi connectivity index (χ0) is 32.4. The van der Waals surface area contributed by atoms with E-state index in [9.17, 15) is 10.2 Å². The van der Waals surface area contributed by atoms with Crippen LogP contribution < -0.4 is 0 Å². The van der Waals surface area contributed by atoms with E-state index in [1.807, 2.05) is 54.6 Å². The highest BCUT2D eigenvalue weighted by molar-refractivity contribution is 6.30. The van der Waals surface area contributed by atoms with Gasteiger partial charge in [0.15, 0.2) is 0 Å². The minimum absolute atomic E-state index is 0.647. The van der Waals surface area contributed by atoms with Crippen LogP contribution in [0.1, 0.15) is 41.5 Å². The largest absolute Gasteiger partial charge is 0.385 e. The number of fused-ring (bicyclic) bond motifs is 2. The van der Waals surface area contributed by atoms with Gasteiger partial charge in [0.2, 0.25) is 0 Å². The predicted molar refractivity (Wildman–Crippen MR) is 192 cm³/mol. The number of likely N-dealkylation sites (tertiary alicyclic amines) is 2. The Morgan fingerprint density at radius 2 is 0.979 bits per heavy atom. The SMILES string of the molecule is OC1(c2ccc(Cl)cc2)CCN(Cc2c[nH]c3ccccc23)C1.OC1(c2ccc(Cl)cc2)CCN(Cc2c[nH]c3ccccc23)CC1. The Morgan fingerprint density at radius 1 is 0.553 bits per heavy atom. The fraction of sp³-hybridized carbons (Fsp3) is 0.282. The van der Waals surface area contributed by atoms with Crippen molar-refractivity contribution in [1.29, 1.82) is 0 Å². The molecule has 2 aliphatic heterocycles. The van der Waals surface area contributed by atoms with Gasteiger partial charge in [-0.05, 0) is 77.9 Å².